The lowest BCUT2D eigenvalue weighted by atomic mass is 9.82. The van der Waals surface area contributed by atoms with E-state index in [0.717, 1.165) is 0 Å². The number of hydrogen-bond donors (Lipinski definition) is 2. The maximum atomic E-state index is 12.6. The van der Waals surface area contributed by atoms with Gasteiger partial charge < -0.3 is 24.3 Å². The number of aliphatic carboxylic acids is 1. The van der Waals surface area contributed by atoms with Crippen molar-refractivity contribution >= 4 is 11.9 Å². The predicted molar refractivity (Wildman–Crippen MR) is 95.9 cm³/mol. The van der Waals surface area contributed by atoms with Crippen LogP contribution in [0.2, 0.25) is 0 Å². The van der Waals surface area contributed by atoms with Crippen LogP contribution in [-0.4, -0.2) is 41.7 Å². The summed E-state index contributed by atoms with van der Waals surface area (Å²) in [6, 6.07) is 5.23. The summed E-state index contributed by atoms with van der Waals surface area (Å²) in [7, 11) is 0. The van der Waals surface area contributed by atoms with Crippen molar-refractivity contribution in [2.45, 2.75) is 26.7 Å². The number of nitrogens with zero attached hydrogens (tertiary/aromatic N) is 1. The monoisotopic (exact) mass is 374 g/mol. The summed E-state index contributed by atoms with van der Waals surface area (Å²) >= 11 is 0. The molecule has 1 aliphatic heterocycles. The quantitative estimate of drug-likeness (QED) is 0.766. The van der Waals surface area contributed by atoms with Gasteiger partial charge in [0.05, 0.1) is 5.41 Å². The van der Waals surface area contributed by atoms with Crippen molar-refractivity contribution in [2.24, 2.45) is 5.41 Å². The topological polar surface area (TPSA) is 111 Å². The van der Waals surface area contributed by atoms with Crippen molar-refractivity contribution in [3.8, 4) is 22.8 Å². The largest absolute Gasteiger partial charge is 0.486 e. The number of benzene rings is 1. The molecule has 0 spiro atoms. The van der Waals surface area contributed by atoms with E-state index in [9.17, 15) is 14.7 Å². The van der Waals surface area contributed by atoms with Gasteiger partial charge in [-0.05, 0) is 31.0 Å². The van der Waals surface area contributed by atoms with Crippen molar-refractivity contribution in [3.63, 3.8) is 0 Å². The van der Waals surface area contributed by atoms with Gasteiger partial charge in [-0.15, -0.1) is 0 Å². The van der Waals surface area contributed by atoms with Crippen molar-refractivity contribution in [2.75, 3.05) is 19.8 Å². The van der Waals surface area contributed by atoms with Gasteiger partial charge in [-0.1, -0.05) is 13.8 Å². The Bertz CT molecular complexity index is 840. The van der Waals surface area contributed by atoms with Crippen molar-refractivity contribution in [1.82, 2.24) is 10.3 Å². The van der Waals surface area contributed by atoms with Crippen molar-refractivity contribution in [3.05, 3.63) is 30.3 Å². The molecule has 0 saturated carbocycles. The van der Waals surface area contributed by atoms with Crippen LogP contribution in [0, 0.1) is 5.41 Å². The van der Waals surface area contributed by atoms with Crippen LogP contribution in [0.3, 0.4) is 0 Å². The van der Waals surface area contributed by atoms with Gasteiger partial charge in [0.2, 0.25) is 0 Å². The summed E-state index contributed by atoms with van der Waals surface area (Å²) in [4.78, 5) is 28.2. The maximum absolute atomic E-state index is 12.6. The Morgan fingerprint density at radius 2 is 1.89 bits per heavy atom. The Kier molecular flexibility index (Phi) is 5.34. The zero-order valence-corrected chi connectivity index (χ0v) is 15.3. The molecule has 0 atom stereocenters. The number of aromatic nitrogens is 1. The average Bonchev–Trinajstić information content (AvgIpc) is 3.18. The molecule has 0 radical (unpaired) electrons. The van der Waals surface area contributed by atoms with E-state index < -0.39 is 17.3 Å². The highest BCUT2D eigenvalue weighted by molar-refractivity contribution is 5.98. The molecule has 1 aliphatic rings. The highest BCUT2D eigenvalue weighted by Gasteiger charge is 2.35. The van der Waals surface area contributed by atoms with Gasteiger partial charge >= 0.3 is 5.97 Å². The molecule has 0 saturated heterocycles. The minimum Gasteiger partial charge on any atom is -0.486 e. The molecule has 27 heavy (non-hydrogen) atoms. The van der Waals surface area contributed by atoms with E-state index >= 15 is 0 Å². The van der Waals surface area contributed by atoms with E-state index in [2.05, 4.69) is 10.3 Å². The smallest absolute Gasteiger partial charge is 0.311 e. The summed E-state index contributed by atoms with van der Waals surface area (Å²) in [5.74, 6) is 0.0793. The molecule has 2 N–H and O–H groups in total. The number of ether oxygens (including phenoxy) is 2. The molecule has 1 amide bonds. The Labute approximate surface area is 156 Å². The second-order valence-corrected chi connectivity index (χ2v) is 6.36. The minimum absolute atomic E-state index is 0.0155. The van der Waals surface area contributed by atoms with Gasteiger partial charge in [-0.2, -0.15) is 0 Å². The number of rotatable bonds is 7. The molecule has 2 heterocycles. The predicted octanol–water partition coefficient (Wildman–Crippen LogP) is 2.73. The number of oxazole rings is 1. The fourth-order valence-corrected chi connectivity index (χ4v) is 3.01. The van der Waals surface area contributed by atoms with Crippen LogP contribution in [0.4, 0.5) is 0 Å². The molecule has 0 aliphatic carbocycles. The highest BCUT2D eigenvalue weighted by atomic mass is 16.6. The van der Waals surface area contributed by atoms with E-state index in [1.807, 2.05) is 0 Å². The lowest BCUT2D eigenvalue weighted by Crippen LogP contribution is -2.42. The Hall–Kier alpha value is -3.03. The van der Waals surface area contributed by atoms with Gasteiger partial charge in [0.15, 0.2) is 29.3 Å². The van der Waals surface area contributed by atoms with Gasteiger partial charge in [0, 0.05) is 12.1 Å². The number of carbonyl (C=O) groups is 2. The first-order valence-electron chi connectivity index (χ1n) is 8.86. The van der Waals surface area contributed by atoms with E-state index in [1.165, 1.54) is 6.39 Å². The molecule has 1 aromatic heterocycles. The van der Waals surface area contributed by atoms with Crippen LogP contribution in [0.15, 0.2) is 29.0 Å². The molecular weight excluding hydrogens is 352 g/mol. The summed E-state index contributed by atoms with van der Waals surface area (Å²) in [6.45, 7) is 4.54. The van der Waals surface area contributed by atoms with Crippen LogP contribution < -0.4 is 14.8 Å². The Morgan fingerprint density at radius 1 is 1.19 bits per heavy atom. The van der Waals surface area contributed by atoms with Crippen LogP contribution >= 0.6 is 0 Å². The molecule has 8 heteroatoms. The van der Waals surface area contributed by atoms with Gasteiger partial charge in [0.25, 0.3) is 5.91 Å². The third kappa shape index (κ3) is 3.60. The lowest BCUT2D eigenvalue weighted by molar-refractivity contribution is -0.149. The average molecular weight is 374 g/mol. The van der Waals surface area contributed by atoms with Crippen LogP contribution in [0.25, 0.3) is 11.3 Å². The molecule has 0 fully saturated rings. The zero-order valence-electron chi connectivity index (χ0n) is 15.3. The van der Waals surface area contributed by atoms with Gasteiger partial charge in [-0.25, -0.2) is 4.98 Å². The van der Waals surface area contributed by atoms with Gasteiger partial charge in [0.1, 0.15) is 13.2 Å². The fraction of sp³-hybridized carbons (Fsp3) is 0.421. The van der Waals surface area contributed by atoms with E-state index in [1.54, 1.807) is 32.0 Å². The van der Waals surface area contributed by atoms with Crippen LogP contribution in [0.5, 0.6) is 11.5 Å². The number of carboxylic acid groups (broad SMARTS) is 1. The Morgan fingerprint density at radius 3 is 2.56 bits per heavy atom. The summed E-state index contributed by atoms with van der Waals surface area (Å²) in [6.07, 6.45) is 2.00. The standard InChI is InChI=1S/C19H22N2O6/c1-3-19(4-2,18(23)24)10-20-17(22)15-16(27-11-21-15)12-5-6-13-14(9-12)26-8-7-25-13/h5-6,9,11H,3-4,7-8,10H2,1-2H3,(H,20,22)(H,23,24). The van der Waals surface area contributed by atoms with Crippen molar-refractivity contribution < 1.29 is 28.6 Å². The molecule has 8 nitrogen and oxygen atoms in total. The molecule has 144 valence electrons. The molecule has 1 aromatic carbocycles. The van der Waals surface area contributed by atoms with E-state index in [0.29, 0.717) is 48.9 Å². The summed E-state index contributed by atoms with van der Waals surface area (Å²) < 4.78 is 16.5. The summed E-state index contributed by atoms with van der Waals surface area (Å²) in [5, 5.41) is 12.2. The zero-order chi connectivity index (χ0) is 19.4. The summed E-state index contributed by atoms with van der Waals surface area (Å²) in [5.41, 5.74) is -0.285. The molecule has 0 bridgehead atoms. The first kappa shape index (κ1) is 18.8. The van der Waals surface area contributed by atoms with E-state index in [-0.39, 0.29) is 12.2 Å². The van der Waals surface area contributed by atoms with Gasteiger partial charge in [-0.3, -0.25) is 9.59 Å². The SMILES string of the molecule is CCC(CC)(CNC(=O)c1ncoc1-c1ccc2c(c1)OCCO2)C(=O)O. The number of carbonyl (C=O) groups excluding carboxylic acids is 1. The van der Waals surface area contributed by atoms with Crippen LogP contribution in [-0.2, 0) is 4.79 Å². The second-order valence-electron chi connectivity index (χ2n) is 6.36. The minimum atomic E-state index is -1.00. The van der Waals surface area contributed by atoms with Crippen LogP contribution in [0.1, 0.15) is 37.2 Å². The number of amides is 1. The molecule has 2 aromatic rings. The number of hydrogen-bond acceptors (Lipinski definition) is 6. The van der Waals surface area contributed by atoms with E-state index in [4.69, 9.17) is 13.9 Å². The number of carboxylic acids is 1. The normalized spacial score (nSPS) is 13.3. The number of fused-ring (bicyclic) bond motifs is 1. The molecule has 3 rings (SSSR count). The lowest BCUT2D eigenvalue weighted by Gasteiger charge is -2.26. The Balaban J connectivity index is 1.80. The van der Waals surface area contributed by atoms with Crippen molar-refractivity contribution in [1.29, 1.82) is 0 Å². The molecular formula is C19H22N2O6. The highest BCUT2D eigenvalue weighted by Crippen LogP contribution is 2.35. The second kappa shape index (κ2) is 7.69. The first-order chi connectivity index (χ1) is 13.0. The first-order valence-corrected chi connectivity index (χ1v) is 8.86. The fourth-order valence-electron chi connectivity index (χ4n) is 3.01. The third-order valence-electron chi connectivity index (χ3n) is 4.98. The maximum Gasteiger partial charge on any atom is 0.311 e. The third-order valence-corrected chi connectivity index (χ3v) is 4.98. The number of nitrogens with one attached hydrogen (secondary N) is 1. The molecule has 0 unspecified atom stereocenters.